The summed E-state index contributed by atoms with van der Waals surface area (Å²) in [6, 6.07) is 9.86. The van der Waals surface area contributed by atoms with E-state index in [1.165, 1.54) is 0 Å². The van der Waals surface area contributed by atoms with Gasteiger partial charge in [0, 0.05) is 12.0 Å². The molecule has 0 unspecified atom stereocenters. The number of rotatable bonds is 3. The zero-order valence-corrected chi connectivity index (χ0v) is 12.6. The number of oxime groups is 1. The fourth-order valence-electron chi connectivity index (χ4n) is 1.80. The lowest BCUT2D eigenvalue weighted by Crippen LogP contribution is -2.38. The van der Waals surface area contributed by atoms with E-state index in [4.69, 9.17) is 20.9 Å². The van der Waals surface area contributed by atoms with Gasteiger partial charge in [0.25, 0.3) is 0 Å². The second-order valence-electron chi connectivity index (χ2n) is 5.31. The fraction of sp³-hybridized carbons (Fsp3) is 0.462. The Morgan fingerprint density at radius 1 is 1.28 bits per heavy atom. The molecule has 2 atom stereocenters. The van der Waals surface area contributed by atoms with E-state index in [1.54, 1.807) is 0 Å². The molecular formula is C13H18ClNO2Si. The predicted octanol–water partition coefficient (Wildman–Crippen LogP) is 3.60. The molecule has 0 radical (unpaired) electrons. The maximum atomic E-state index is 6.37. The summed E-state index contributed by atoms with van der Waals surface area (Å²) in [4.78, 5) is 5.41. The molecule has 0 N–H and O–H groups in total. The summed E-state index contributed by atoms with van der Waals surface area (Å²) in [5.41, 5.74) is 1.79. The summed E-state index contributed by atoms with van der Waals surface area (Å²) in [6.45, 7) is 6.36. The van der Waals surface area contributed by atoms with Crippen LogP contribution in [0.2, 0.25) is 19.6 Å². The first kappa shape index (κ1) is 13.6. The van der Waals surface area contributed by atoms with Crippen molar-refractivity contribution in [3.05, 3.63) is 35.9 Å². The topological polar surface area (TPSA) is 30.8 Å². The van der Waals surface area contributed by atoms with Gasteiger partial charge in [-0.05, 0) is 19.6 Å². The van der Waals surface area contributed by atoms with Crippen LogP contribution in [0.4, 0.5) is 0 Å². The maximum Gasteiger partial charge on any atom is 0.219 e. The molecule has 1 aliphatic heterocycles. The molecule has 3 nitrogen and oxygen atoms in total. The van der Waals surface area contributed by atoms with Crippen LogP contribution in [0.1, 0.15) is 12.0 Å². The molecule has 2 rings (SSSR count). The highest BCUT2D eigenvalue weighted by molar-refractivity contribution is 6.69. The van der Waals surface area contributed by atoms with Crippen LogP contribution in [0.25, 0.3) is 0 Å². The summed E-state index contributed by atoms with van der Waals surface area (Å²) >= 11 is 6.37. The van der Waals surface area contributed by atoms with Gasteiger partial charge in [-0.15, -0.1) is 11.6 Å². The van der Waals surface area contributed by atoms with Gasteiger partial charge in [0.1, 0.15) is 5.71 Å². The van der Waals surface area contributed by atoms with Crippen molar-refractivity contribution >= 4 is 25.6 Å². The molecule has 1 aliphatic rings. The van der Waals surface area contributed by atoms with Crippen LogP contribution in [-0.4, -0.2) is 25.7 Å². The summed E-state index contributed by atoms with van der Waals surface area (Å²) in [7, 11) is -1.63. The Kier molecular flexibility index (Phi) is 4.09. The Hall–Kier alpha value is -0.843. The molecule has 18 heavy (non-hydrogen) atoms. The highest BCUT2D eigenvalue weighted by atomic mass is 35.5. The third-order valence-electron chi connectivity index (χ3n) is 2.52. The number of nitrogens with zero attached hydrogens (tertiary/aromatic N) is 1. The minimum atomic E-state index is -1.63. The molecule has 0 amide bonds. The number of hydrogen-bond donors (Lipinski definition) is 0. The lowest BCUT2D eigenvalue weighted by molar-refractivity contribution is -0.0937. The average Bonchev–Trinajstić information content (AvgIpc) is 2.28. The van der Waals surface area contributed by atoms with Crippen LogP contribution in [0.5, 0.6) is 0 Å². The summed E-state index contributed by atoms with van der Waals surface area (Å²) in [6.07, 6.45) is 0.325. The maximum absolute atomic E-state index is 6.37. The van der Waals surface area contributed by atoms with Gasteiger partial charge in [0.2, 0.25) is 6.29 Å². The van der Waals surface area contributed by atoms with E-state index in [0.29, 0.717) is 6.42 Å². The number of benzene rings is 1. The van der Waals surface area contributed by atoms with E-state index >= 15 is 0 Å². The van der Waals surface area contributed by atoms with Gasteiger partial charge in [-0.2, -0.15) is 0 Å². The van der Waals surface area contributed by atoms with E-state index in [2.05, 4.69) is 24.8 Å². The molecule has 0 fully saturated rings. The van der Waals surface area contributed by atoms with Crippen LogP contribution in [0.3, 0.4) is 0 Å². The Morgan fingerprint density at radius 3 is 2.50 bits per heavy atom. The third kappa shape index (κ3) is 3.57. The van der Waals surface area contributed by atoms with E-state index in [9.17, 15) is 0 Å². The quantitative estimate of drug-likeness (QED) is 0.627. The van der Waals surface area contributed by atoms with Crippen molar-refractivity contribution in [2.24, 2.45) is 5.16 Å². The highest BCUT2D eigenvalue weighted by Crippen LogP contribution is 2.24. The molecule has 1 heterocycles. The van der Waals surface area contributed by atoms with Crippen molar-refractivity contribution in [3.63, 3.8) is 0 Å². The van der Waals surface area contributed by atoms with Gasteiger partial charge in [-0.25, -0.2) is 0 Å². The first-order valence-electron chi connectivity index (χ1n) is 6.07. The predicted molar refractivity (Wildman–Crippen MR) is 76.5 cm³/mol. The van der Waals surface area contributed by atoms with Crippen molar-refractivity contribution in [3.8, 4) is 0 Å². The molecule has 0 bridgehead atoms. The minimum absolute atomic E-state index is 0.164. The van der Waals surface area contributed by atoms with Crippen molar-refractivity contribution in [2.75, 3.05) is 0 Å². The smallest absolute Gasteiger partial charge is 0.219 e. The fourth-order valence-corrected chi connectivity index (χ4v) is 3.04. The Bertz CT molecular complexity index is 430. The second-order valence-corrected chi connectivity index (χ2v) is 10.3. The molecular weight excluding hydrogens is 266 g/mol. The summed E-state index contributed by atoms with van der Waals surface area (Å²) in [5.74, 6) is 0. The average molecular weight is 284 g/mol. The van der Waals surface area contributed by atoms with E-state index in [1.807, 2.05) is 30.3 Å². The van der Waals surface area contributed by atoms with E-state index in [-0.39, 0.29) is 11.7 Å². The van der Waals surface area contributed by atoms with Gasteiger partial charge in [0.15, 0.2) is 8.32 Å². The molecule has 98 valence electrons. The largest absolute Gasteiger partial charge is 0.382 e. The van der Waals surface area contributed by atoms with Crippen LogP contribution >= 0.6 is 11.6 Å². The lowest BCUT2D eigenvalue weighted by Gasteiger charge is -2.29. The Morgan fingerprint density at radius 2 is 1.94 bits per heavy atom. The van der Waals surface area contributed by atoms with Crippen LogP contribution in [0, 0.1) is 0 Å². The van der Waals surface area contributed by atoms with E-state index < -0.39 is 8.32 Å². The molecule has 0 spiro atoms. The van der Waals surface area contributed by atoms with Crippen LogP contribution in [0.15, 0.2) is 35.5 Å². The van der Waals surface area contributed by atoms with Gasteiger partial charge < -0.3 is 9.26 Å². The molecule has 0 saturated heterocycles. The zero-order chi connectivity index (χ0) is 13.2. The molecule has 0 aliphatic carbocycles. The highest BCUT2D eigenvalue weighted by Gasteiger charge is 2.31. The van der Waals surface area contributed by atoms with Gasteiger partial charge in [0.05, 0.1) is 5.38 Å². The lowest BCUT2D eigenvalue weighted by atomic mass is 10.0. The first-order valence-corrected chi connectivity index (χ1v) is 9.91. The zero-order valence-electron chi connectivity index (χ0n) is 10.9. The number of hydrogen-bond acceptors (Lipinski definition) is 3. The van der Waals surface area contributed by atoms with Crippen molar-refractivity contribution in [2.45, 2.75) is 37.7 Å². The van der Waals surface area contributed by atoms with Crippen LogP contribution < -0.4 is 0 Å². The summed E-state index contributed by atoms with van der Waals surface area (Å²) < 4.78 is 5.86. The van der Waals surface area contributed by atoms with Crippen LogP contribution in [-0.2, 0) is 9.26 Å². The monoisotopic (exact) mass is 283 g/mol. The van der Waals surface area contributed by atoms with Crippen molar-refractivity contribution < 1.29 is 9.26 Å². The number of alkyl halides is 1. The van der Waals surface area contributed by atoms with E-state index in [0.717, 1.165) is 11.3 Å². The Balaban J connectivity index is 2.09. The first-order chi connectivity index (χ1) is 8.46. The third-order valence-corrected chi connectivity index (χ3v) is 3.87. The second kappa shape index (κ2) is 5.43. The number of halogens is 1. The summed E-state index contributed by atoms with van der Waals surface area (Å²) in [5, 5.41) is 3.96. The van der Waals surface area contributed by atoms with Gasteiger partial charge in [-0.3, -0.25) is 0 Å². The SMILES string of the molecule is C[Si](C)(C)O[C@@H]1C[C@H](Cl)C(c2ccccc2)=NO1. The van der Waals surface area contributed by atoms with Gasteiger partial charge in [-0.1, -0.05) is 35.5 Å². The molecule has 1 aromatic rings. The Labute approximate surface area is 114 Å². The molecule has 5 heteroatoms. The molecule has 1 aromatic carbocycles. The minimum Gasteiger partial charge on any atom is -0.382 e. The van der Waals surface area contributed by atoms with Crippen molar-refractivity contribution in [1.29, 1.82) is 0 Å². The van der Waals surface area contributed by atoms with Crippen molar-refractivity contribution in [1.82, 2.24) is 0 Å². The van der Waals surface area contributed by atoms with Gasteiger partial charge >= 0.3 is 0 Å². The molecule has 0 aromatic heterocycles. The normalized spacial score (nSPS) is 24.3. The standard InChI is InChI=1S/C13H18ClNO2Si/c1-18(2,3)17-12-9-11(14)13(15-16-12)10-7-5-4-6-8-10/h4-8,11-12H,9H2,1-3H3/t11-,12+/m0/s1. The molecule has 0 saturated carbocycles.